The Kier molecular flexibility index (Phi) is 5.98. The van der Waals surface area contributed by atoms with Gasteiger partial charge in [0.05, 0.1) is 12.7 Å². The van der Waals surface area contributed by atoms with Crippen LogP contribution in [-0.2, 0) is 20.7 Å². The quantitative estimate of drug-likeness (QED) is 0.340. The van der Waals surface area contributed by atoms with E-state index in [1.807, 2.05) is 18.2 Å². The van der Waals surface area contributed by atoms with Crippen LogP contribution in [0.15, 0.2) is 30.3 Å². The third-order valence-electron chi connectivity index (χ3n) is 3.44. The summed E-state index contributed by atoms with van der Waals surface area (Å²) in [5, 5.41) is 0. The molecule has 0 bridgehead atoms. The highest BCUT2D eigenvalue weighted by atomic mass is 16.5. The van der Waals surface area contributed by atoms with Crippen LogP contribution in [0.4, 0.5) is 0 Å². The second-order valence-electron chi connectivity index (χ2n) is 5.00. The van der Waals surface area contributed by atoms with Gasteiger partial charge in [0.25, 0.3) is 5.91 Å². The van der Waals surface area contributed by atoms with Gasteiger partial charge in [-0.2, -0.15) is 0 Å². The predicted molar refractivity (Wildman–Crippen MR) is 75.8 cm³/mol. The molecular formula is C15H22N2O3. The maximum absolute atomic E-state index is 11.3. The van der Waals surface area contributed by atoms with E-state index in [1.54, 1.807) is 0 Å². The molecule has 3 N–H and O–H groups in total. The van der Waals surface area contributed by atoms with Crippen molar-refractivity contribution in [2.75, 3.05) is 13.2 Å². The Morgan fingerprint density at radius 3 is 2.90 bits per heavy atom. The number of nitrogens with one attached hydrogen (secondary N) is 1. The van der Waals surface area contributed by atoms with Crippen LogP contribution in [0.5, 0.6) is 0 Å². The zero-order valence-corrected chi connectivity index (χ0v) is 11.6. The summed E-state index contributed by atoms with van der Waals surface area (Å²) in [6.07, 6.45) is 3.15. The van der Waals surface area contributed by atoms with E-state index in [4.69, 9.17) is 15.3 Å². The Hall–Kier alpha value is -1.43. The largest absolute Gasteiger partial charge is 0.379 e. The lowest BCUT2D eigenvalue weighted by atomic mass is 10.1. The highest BCUT2D eigenvalue weighted by Gasteiger charge is 2.30. The van der Waals surface area contributed by atoms with Gasteiger partial charge in [0.15, 0.2) is 0 Å². The normalized spacial score (nSPS) is 21.9. The van der Waals surface area contributed by atoms with E-state index >= 15 is 0 Å². The maximum Gasteiger partial charge on any atom is 0.263 e. The molecule has 5 heteroatoms. The highest BCUT2D eigenvalue weighted by Crippen LogP contribution is 2.19. The molecule has 1 fully saturated rings. The first kappa shape index (κ1) is 15.0. The van der Waals surface area contributed by atoms with Crippen LogP contribution in [0.3, 0.4) is 0 Å². The molecule has 1 aliphatic rings. The molecule has 1 amide bonds. The highest BCUT2D eigenvalue weighted by molar-refractivity contribution is 5.80. The molecule has 1 aromatic carbocycles. The van der Waals surface area contributed by atoms with Gasteiger partial charge in [-0.1, -0.05) is 30.3 Å². The molecule has 2 rings (SSSR count). The monoisotopic (exact) mass is 278 g/mol. The standard InChI is InChI=1S/C15H22N2O3/c16-17-15(18)14-9-8-13(20-14)11-19-10-4-7-12-5-2-1-3-6-12/h1-3,5-6,13-14H,4,7-11,16H2,(H,17,18). The fourth-order valence-electron chi connectivity index (χ4n) is 2.35. The second kappa shape index (κ2) is 7.99. The van der Waals surface area contributed by atoms with Crippen molar-refractivity contribution >= 4 is 5.91 Å². The molecule has 1 aromatic rings. The lowest BCUT2D eigenvalue weighted by molar-refractivity contribution is -0.133. The number of aryl methyl sites for hydroxylation is 1. The fraction of sp³-hybridized carbons (Fsp3) is 0.533. The molecular weight excluding hydrogens is 256 g/mol. The van der Waals surface area contributed by atoms with Crippen LogP contribution >= 0.6 is 0 Å². The molecule has 0 spiro atoms. The van der Waals surface area contributed by atoms with Gasteiger partial charge in [-0.25, -0.2) is 5.84 Å². The van der Waals surface area contributed by atoms with Crippen molar-refractivity contribution in [3.63, 3.8) is 0 Å². The zero-order chi connectivity index (χ0) is 14.2. The second-order valence-corrected chi connectivity index (χ2v) is 5.00. The summed E-state index contributed by atoms with van der Waals surface area (Å²) in [7, 11) is 0. The van der Waals surface area contributed by atoms with Gasteiger partial charge in [0.2, 0.25) is 0 Å². The van der Waals surface area contributed by atoms with Crippen LogP contribution in [0, 0.1) is 0 Å². The summed E-state index contributed by atoms with van der Waals surface area (Å²) < 4.78 is 11.2. The maximum atomic E-state index is 11.3. The number of hydrogen-bond donors (Lipinski definition) is 2. The molecule has 0 saturated carbocycles. The number of benzene rings is 1. The Bertz CT molecular complexity index is 411. The smallest absolute Gasteiger partial charge is 0.263 e. The molecule has 0 aliphatic carbocycles. The van der Waals surface area contributed by atoms with Crippen molar-refractivity contribution in [3.8, 4) is 0 Å². The van der Waals surface area contributed by atoms with Gasteiger partial charge in [0, 0.05) is 6.61 Å². The third kappa shape index (κ3) is 4.59. The number of hydrazine groups is 1. The van der Waals surface area contributed by atoms with Gasteiger partial charge in [-0.15, -0.1) is 0 Å². The van der Waals surface area contributed by atoms with Crippen LogP contribution in [0.25, 0.3) is 0 Å². The molecule has 110 valence electrons. The summed E-state index contributed by atoms with van der Waals surface area (Å²) in [6.45, 7) is 1.26. The third-order valence-corrected chi connectivity index (χ3v) is 3.44. The summed E-state index contributed by atoms with van der Waals surface area (Å²) in [5.74, 6) is 4.83. The molecule has 1 heterocycles. The van der Waals surface area contributed by atoms with Gasteiger partial charge >= 0.3 is 0 Å². The minimum absolute atomic E-state index is 0.00836. The van der Waals surface area contributed by atoms with E-state index in [0.717, 1.165) is 19.3 Å². The van der Waals surface area contributed by atoms with Gasteiger partial charge in [-0.3, -0.25) is 10.2 Å². The number of amides is 1. The number of nitrogens with two attached hydrogens (primary N) is 1. The predicted octanol–water partition coefficient (Wildman–Crippen LogP) is 1.17. The molecule has 20 heavy (non-hydrogen) atoms. The number of carbonyl (C=O) groups is 1. The van der Waals surface area contributed by atoms with Crippen LogP contribution < -0.4 is 11.3 Å². The van der Waals surface area contributed by atoms with Crippen molar-refractivity contribution in [1.82, 2.24) is 5.43 Å². The van der Waals surface area contributed by atoms with E-state index < -0.39 is 6.10 Å². The summed E-state index contributed by atoms with van der Waals surface area (Å²) in [4.78, 5) is 11.3. The van der Waals surface area contributed by atoms with Crippen molar-refractivity contribution in [2.24, 2.45) is 5.84 Å². The number of ether oxygens (including phenoxy) is 2. The summed E-state index contributed by atoms with van der Waals surface area (Å²) >= 11 is 0. The average Bonchev–Trinajstić information content (AvgIpc) is 2.96. The fourth-order valence-corrected chi connectivity index (χ4v) is 2.35. The SMILES string of the molecule is NNC(=O)C1CCC(COCCCc2ccccc2)O1. The number of rotatable bonds is 7. The van der Waals surface area contributed by atoms with Gasteiger partial charge in [0.1, 0.15) is 6.10 Å². The van der Waals surface area contributed by atoms with Crippen molar-refractivity contribution in [3.05, 3.63) is 35.9 Å². The van der Waals surface area contributed by atoms with E-state index in [9.17, 15) is 4.79 Å². The van der Waals surface area contributed by atoms with Crippen molar-refractivity contribution in [2.45, 2.75) is 37.9 Å². The molecule has 2 unspecified atom stereocenters. The van der Waals surface area contributed by atoms with Crippen LogP contribution in [-0.4, -0.2) is 31.3 Å². The first-order chi connectivity index (χ1) is 9.79. The molecule has 0 aromatic heterocycles. The van der Waals surface area contributed by atoms with E-state index in [1.165, 1.54) is 5.56 Å². The first-order valence-electron chi connectivity index (χ1n) is 7.07. The molecule has 1 aliphatic heterocycles. The summed E-state index contributed by atoms with van der Waals surface area (Å²) in [5.41, 5.74) is 3.44. The zero-order valence-electron chi connectivity index (χ0n) is 11.6. The van der Waals surface area contributed by atoms with Gasteiger partial charge < -0.3 is 9.47 Å². The topological polar surface area (TPSA) is 73.6 Å². The number of hydrogen-bond acceptors (Lipinski definition) is 4. The first-order valence-corrected chi connectivity index (χ1v) is 7.07. The van der Waals surface area contributed by atoms with E-state index in [2.05, 4.69) is 17.6 Å². The Labute approximate surface area is 119 Å². The van der Waals surface area contributed by atoms with Crippen LogP contribution in [0.2, 0.25) is 0 Å². The minimum Gasteiger partial charge on any atom is -0.379 e. The Balaban J connectivity index is 1.55. The molecule has 5 nitrogen and oxygen atoms in total. The molecule has 1 saturated heterocycles. The molecule has 2 atom stereocenters. The number of carbonyl (C=O) groups excluding carboxylic acids is 1. The van der Waals surface area contributed by atoms with Crippen molar-refractivity contribution in [1.29, 1.82) is 0 Å². The summed E-state index contributed by atoms with van der Waals surface area (Å²) in [6, 6.07) is 10.4. The van der Waals surface area contributed by atoms with E-state index in [-0.39, 0.29) is 12.0 Å². The average molecular weight is 278 g/mol. The minimum atomic E-state index is -0.419. The van der Waals surface area contributed by atoms with Gasteiger partial charge in [-0.05, 0) is 31.2 Å². The van der Waals surface area contributed by atoms with E-state index in [0.29, 0.717) is 19.6 Å². The molecule has 0 radical (unpaired) electrons. The lowest BCUT2D eigenvalue weighted by Gasteiger charge is -2.12. The Morgan fingerprint density at radius 2 is 2.15 bits per heavy atom. The Morgan fingerprint density at radius 1 is 1.35 bits per heavy atom. The lowest BCUT2D eigenvalue weighted by Crippen LogP contribution is -2.39. The van der Waals surface area contributed by atoms with Crippen molar-refractivity contribution < 1.29 is 14.3 Å². The van der Waals surface area contributed by atoms with Crippen LogP contribution in [0.1, 0.15) is 24.8 Å².